The van der Waals surface area contributed by atoms with Crippen molar-refractivity contribution >= 4 is 29.9 Å². The van der Waals surface area contributed by atoms with Crippen molar-refractivity contribution in [2.75, 3.05) is 26.7 Å². The van der Waals surface area contributed by atoms with Crippen LogP contribution in [0.5, 0.6) is 5.75 Å². The Balaban J connectivity index is 0.00000208. The van der Waals surface area contributed by atoms with Gasteiger partial charge in [0.1, 0.15) is 5.75 Å². The Labute approximate surface area is 153 Å². The average Bonchev–Trinajstić information content (AvgIpc) is 2.62. The van der Waals surface area contributed by atoms with Gasteiger partial charge in [0.05, 0.1) is 13.2 Å². The van der Waals surface area contributed by atoms with Crippen LogP contribution in [0.1, 0.15) is 22.0 Å². The Morgan fingerprint density at radius 1 is 1.21 bits per heavy atom. The summed E-state index contributed by atoms with van der Waals surface area (Å²) in [4.78, 5) is 14.8. The van der Waals surface area contributed by atoms with Gasteiger partial charge >= 0.3 is 0 Å². The number of nitrogens with one attached hydrogen (secondary N) is 1. The quantitative estimate of drug-likeness (QED) is 0.902. The van der Waals surface area contributed by atoms with Gasteiger partial charge in [-0.1, -0.05) is 29.8 Å². The van der Waals surface area contributed by atoms with Gasteiger partial charge in [-0.3, -0.25) is 4.79 Å². The van der Waals surface area contributed by atoms with E-state index in [9.17, 15) is 4.79 Å². The molecule has 1 heterocycles. The van der Waals surface area contributed by atoms with Crippen LogP contribution in [0.4, 0.5) is 0 Å². The monoisotopic (exact) mass is 366 g/mol. The van der Waals surface area contributed by atoms with E-state index in [4.69, 9.17) is 16.3 Å². The lowest BCUT2D eigenvalue weighted by atomic mass is 10.0. The fraction of sp³-hybridized carbons (Fsp3) is 0.278. The molecule has 3 rings (SSSR count). The molecule has 1 saturated heterocycles. The number of nitrogens with zero attached hydrogens (tertiary/aromatic N) is 1. The number of ether oxygens (including phenoxy) is 1. The molecule has 1 aliphatic heterocycles. The fourth-order valence-electron chi connectivity index (χ4n) is 2.93. The molecule has 2 aromatic carbocycles. The molecule has 1 amide bonds. The molecule has 0 spiro atoms. The molecular formula is C18H20Cl2N2O2. The van der Waals surface area contributed by atoms with E-state index >= 15 is 0 Å². The van der Waals surface area contributed by atoms with Gasteiger partial charge in [0.25, 0.3) is 5.91 Å². The van der Waals surface area contributed by atoms with Crippen molar-refractivity contribution in [2.24, 2.45) is 0 Å². The number of rotatable bonds is 3. The van der Waals surface area contributed by atoms with E-state index in [-0.39, 0.29) is 24.4 Å². The van der Waals surface area contributed by atoms with Gasteiger partial charge in [0.2, 0.25) is 0 Å². The molecule has 6 heteroatoms. The molecule has 0 saturated carbocycles. The van der Waals surface area contributed by atoms with E-state index in [1.54, 1.807) is 31.4 Å². The lowest BCUT2D eigenvalue weighted by Gasteiger charge is -2.37. The first kappa shape index (κ1) is 18.6. The Hall–Kier alpha value is -1.75. The summed E-state index contributed by atoms with van der Waals surface area (Å²) in [6, 6.07) is 14.8. The number of benzene rings is 2. The van der Waals surface area contributed by atoms with Crippen LogP contribution in [-0.2, 0) is 0 Å². The summed E-state index contributed by atoms with van der Waals surface area (Å²) < 4.78 is 5.46. The molecule has 2 aromatic rings. The predicted molar refractivity (Wildman–Crippen MR) is 98.3 cm³/mol. The van der Waals surface area contributed by atoms with Crippen molar-refractivity contribution in [1.29, 1.82) is 0 Å². The fourth-order valence-corrected chi connectivity index (χ4v) is 3.05. The number of carbonyl (C=O) groups is 1. The van der Waals surface area contributed by atoms with E-state index in [0.29, 0.717) is 23.7 Å². The average molecular weight is 367 g/mol. The third-order valence-electron chi connectivity index (χ3n) is 4.09. The molecule has 4 nitrogen and oxygen atoms in total. The SMILES string of the molecule is COc1ccccc1C1CNCCN1C(=O)c1ccc(Cl)cc1.Cl. The third-order valence-corrected chi connectivity index (χ3v) is 4.35. The van der Waals surface area contributed by atoms with Crippen LogP contribution in [0.2, 0.25) is 5.02 Å². The van der Waals surface area contributed by atoms with Gasteiger partial charge in [-0.15, -0.1) is 12.4 Å². The number of piperazine rings is 1. The Morgan fingerprint density at radius 3 is 2.62 bits per heavy atom. The first-order chi connectivity index (χ1) is 11.2. The lowest BCUT2D eigenvalue weighted by Crippen LogP contribution is -2.48. The maximum absolute atomic E-state index is 12.9. The number of methoxy groups -OCH3 is 1. The van der Waals surface area contributed by atoms with E-state index < -0.39 is 0 Å². The first-order valence-corrected chi connectivity index (χ1v) is 7.98. The maximum atomic E-state index is 12.9. The summed E-state index contributed by atoms with van der Waals surface area (Å²) in [7, 11) is 1.65. The molecular weight excluding hydrogens is 347 g/mol. The van der Waals surface area contributed by atoms with Crippen LogP contribution in [0.15, 0.2) is 48.5 Å². The largest absolute Gasteiger partial charge is 0.496 e. The van der Waals surface area contributed by atoms with Gasteiger partial charge in [0.15, 0.2) is 0 Å². The summed E-state index contributed by atoms with van der Waals surface area (Å²) in [5.41, 5.74) is 1.67. The van der Waals surface area contributed by atoms with Crippen LogP contribution in [0, 0.1) is 0 Å². The number of hydrogen-bond donors (Lipinski definition) is 1. The van der Waals surface area contributed by atoms with E-state index in [1.807, 2.05) is 29.2 Å². The summed E-state index contributed by atoms with van der Waals surface area (Å²) in [6.45, 7) is 2.15. The molecule has 1 unspecified atom stereocenters. The van der Waals surface area contributed by atoms with E-state index in [2.05, 4.69) is 5.32 Å². The Morgan fingerprint density at radius 2 is 1.92 bits per heavy atom. The second-order valence-electron chi connectivity index (χ2n) is 5.47. The second kappa shape index (κ2) is 8.38. The van der Waals surface area contributed by atoms with Crippen molar-refractivity contribution in [1.82, 2.24) is 10.2 Å². The van der Waals surface area contributed by atoms with Crippen LogP contribution >= 0.6 is 24.0 Å². The number of para-hydroxylation sites is 1. The Kier molecular flexibility index (Phi) is 6.49. The zero-order chi connectivity index (χ0) is 16.2. The van der Waals surface area contributed by atoms with Crippen LogP contribution in [-0.4, -0.2) is 37.6 Å². The highest BCUT2D eigenvalue weighted by atomic mass is 35.5. The Bertz CT molecular complexity index is 692. The van der Waals surface area contributed by atoms with Crippen LogP contribution < -0.4 is 10.1 Å². The summed E-state index contributed by atoms with van der Waals surface area (Å²) in [5.74, 6) is 0.814. The smallest absolute Gasteiger partial charge is 0.254 e. The minimum absolute atomic E-state index is 0. The molecule has 24 heavy (non-hydrogen) atoms. The van der Waals surface area contributed by atoms with Crippen molar-refractivity contribution in [3.05, 3.63) is 64.7 Å². The molecule has 1 N–H and O–H groups in total. The minimum Gasteiger partial charge on any atom is -0.496 e. The van der Waals surface area contributed by atoms with E-state index in [0.717, 1.165) is 17.9 Å². The van der Waals surface area contributed by atoms with Gasteiger partial charge < -0.3 is 15.0 Å². The zero-order valence-corrected chi connectivity index (χ0v) is 14.9. The highest BCUT2D eigenvalue weighted by molar-refractivity contribution is 6.30. The number of amides is 1. The second-order valence-corrected chi connectivity index (χ2v) is 5.90. The van der Waals surface area contributed by atoms with Crippen molar-refractivity contribution in [2.45, 2.75) is 6.04 Å². The number of carbonyl (C=O) groups excluding carboxylic acids is 1. The molecule has 0 aliphatic carbocycles. The topological polar surface area (TPSA) is 41.6 Å². The predicted octanol–water partition coefficient (Wildman–Crippen LogP) is 3.56. The molecule has 0 aromatic heterocycles. The highest BCUT2D eigenvalue weighted by Crippen LogP contribution is 2.31. The third kappa shape index (κ3) is 3.83. The van der Waals surface area contributed by atoms with E-state index in [1.165, 1.54) is 0 Å². The molecule has 1 atom stereocenters. The maximum Gasteiger partial charge on any atom is 0.254 e. The van der Waals surface area contributed by atoms with Gasteiger partial charge in [-0.2, -0.15) is 0 Å². The van der Waals surface area contributed by atoms with Crippen LogP contribution in [0.3, 0.4) is 0 Å². The number of halogens is 2. The van der Waals surface area contributed by atoms with Crippen molar-refractivity contribution in [3.63, 3.8) is 0 Å². The lowest BCUT2D eigenvalue weighted by molar-refractivity contribution is 0.0631. The molecule has 0 radical (unpaired) electrons. The minimum atomic E-state index is -0.0527. The molecule has 0 bridgehead atoms. The molecule has 1 fully saturated rings. The highest BCUT2D eigenvalue weighted by Gasteiger charge is 2.30. The first-order valence-electron chi connectivity index (χ1n) is 7.61. The van der Waals surface area contributed by atoms with Gasteiger partial charge in [-0.05, 0) is 30.3 Å². The normalized spacial score (nSPS) is 17.1. The van der Waals surface area contributed by atoms with Crippen molar-refractivity contribution in [3.8, 4) is 5.75 Å². The molecule has 1 aliphatic rings. The standard InChI is InChI=1S/C18H19ClN2O2.ClH/c1-23-17-5-3-2-4-15(17)16-12-20-10-11-21(16)18(22)13-6-8-14(19)9-7-13;/h2-9,16,20H,10-12H2,1H3;1H. The van der Waals surface area contributed by atoms with Gasteiger partial charge in [-0.25, -0.2) is 0 Å². The number of hydrogen-bond acceptors (Lipinski definition) is 3. The van der Waals surface area contributed by atoms with Crippen molar-refractivity contribution < 1.29 is 9.53 Å². The van der Waals surface area contributed by atoms with Gasteiger partial charge in [0, 0.05) is 35.8 Å². The summed E-state index contributed by atoms with van der Waals surface area (Å²) in [6.07, 6.45) is 0. The summed E-state index contributed by atoms with van der Waals surface area (Å²) in [5, 5.41) is 3.99. The zero-order valence-electron chi connectivity index (χ0n) is 13.4. The molecule has 128 valence electrons. The van der Waals surface area contributed by atoms with Crippen LogP contribution in [0.25, 0.3) is 0 Å². The summed E-state index contributed by atoms with van der Waals surface area (Å²) >= 11 is 5.91.